The largest absolute Gasteiger partial charge is 0.444 e. The first-order valence-electron chi connectivity index (χ1n) is 5.00. The van der Waals surface area contributed by atoms with Crippen LogP contribution in [-0.2, 0) is 0 Å². The van der Waals surface area contributed by atoms with Gasteiger partial charge in [0.1, 0.15) is 17.5 Å². The molecule has 1 atom stereocenters. The van der Waals surface area contributed by atoms with Crippen molar-refractivity contribution >= 4 is 22.4 Å². The Balaban J connectivity index is 2.04. The molecule has 7 heteroatoms. The molecule has 17 heavy (non-hydrogen) atoms. The molecule has 6 nitrogen and oxygen atoms in total. The zero-order chi connectivity index (χ0) is 12.4. The second-order valence-corrected chi connectivity index (χ2v) is 4.46. The third-order valence-electron chi connectivity index (χ3n) is 2.11. The first-order chi connectivity index (χ1) is 8.06. The maximum atomic E-state index is 11.8. The van der Waals surface area contributed by atoms with Crippen molar-refractivity contribution in [1.82, 2.24) is 15.3 Å². The van der Waals surface area contributed by atoms with Crippen molar-refractivity contribution in [1.29, 1.82) is 0 Å². The number of nitrogen functional groups attached to an aromatic ring is 1. The standard InChI is InChI=1S/C10H12N4O2S/c1-5-3-12-9(16-5)6(2)13-8(15)7-4-17-10(11)14-7/h3-4,6H,1-2H3,(H2,11,14)(H,13,15). The Bertz CT molecular complexity index is 534. The zero-order valence-electron chi connectivity index (χ0n) is 9.43. The lowest BCUT2D eigenvalue weighted by Crippen LogP contribution is -2.27. The molecule has 0 radical (unpaired) electrons. The normalized spacial score (nSPS) is 12.4. The molecule has 0 saturated carbocycles. The maximum absolute atomic E-state index is 11.8. The van der Waals surface area contributed by atoms with Crippen molar-refractivity contribution in [2.24, 2.45) is 0 Å². The first-order valence-corrected chi connectivity index (χ1v) is 5.88. The van der Waals surface area contributed by atoms with Crippen molar-refractivity contribution in [2.45, 2.75) is 19.9 Å². The Morgan fingerprint density at radius 3 is 2.94 bits per heavy atom. The van der Waals surface area contributed by atoms with Crippen LogP contribution in [0.2, 0.25) is 0 Å². The van der Waals surface area contributed by atoms with E-state index in [1.54, 1.807) is 25.4 Å². The number of nitrogens with two attached hydrogens (primary N) is 1. The van der Waals surface area contributed by atoms with Crippen LogP contribution in [0.3, 0.4) is 0 Å². The van der Waals surface area contributed by atoms with Crippen LogP contribution < -0.4 is 11.1 Å². The van der Waals surface area contributed by atoms with Crippen LogP contribution in [0.4, 0.5) is 5.13 Å². The SMILES string of the molecule is Cc1cnc(C(C)NC(=O)c2csc(N)n2)o1. The van der Waals surface area contributed by atoms with E-state index in [0.717, 1.165) is 0 Å². The van der Waals surface area contributed by atoms with Crippen molar-refractivity contribution in [3.8, 4) is 0 Å². The summed E-state index contributed by atoms with van der Waals surface area (Å²) in [6.45, 7) is 3.59. The van der Waals surface area contributed by atoms with Crippen LogP contribution in [0.25, 0.3) is 0 Å². The van der Waals surface area contributed by atoms with Gasteiger partial charge < -0.3 is 15.5 Å². The van der Waals surface area contributed by atoms with E-state index in [-0.39, 0.29) is 11.9 Å². The topological polar surface area (TPSA) is 94.0 Å². The Morgan fingerprint density at radius 1 is 1.65 bits per heavy atom. The van der Waals surface area contributed by atoms with Crippen LogP contribution in [0.15, 0.2) is 16.0 Å². The number of hydrogen-bond donors (Lipinski definition) is 2. The number of anilines is 1. The number of amides is 1. The van der Waals surface area contributed by atoms with Crippen molar-refractivity contribution in [2.75, 3.05) is 5.73 Å². The average molecular weight is 252 g/mol. The molecule has 0 aliphatic rings. The van der Waals surface area contributed by atoms with Gasteiger partial charge in [-0.3, -0.25) is 4.79 Å². The van der Waals surface area contributed by atoms with Crippen LogP contribution in [0.5, 0.6) is 0 Å². The summed E-state index contributed by atoms with van der Waals surface area (Å²) in [4.78, 5) is 19.7. The van der Waals surface area contributed by atoms with Gasteiger partial charge in [0.05, 0.1) is 6.20 Å². The quantitative estimate of drug-likeness (QED) is 0.863. The van der Waals surface area contributed by atoms with Crippen LogP contribution in [-0.4, -0.2) is 15.9 Å². The lowest BCUT2D eigenvalue weighted by molar-refractivity contribution is 0.0929. The second kappa shape index (κ2) is 4.54. The molecule has 0 aliphatic heterocycles. The summed E-state index contributed by atoms with van der Waals surface area (Å²) in [5.74, 6) is 0.888. The van der Waals surface area contributed by atoms with Crippen LogP contribution in [0, 0.1) is 6.92 Å². The Hall–Kier alpha value is -1.89. The summed E-state index contributed by atoms with van der Waals surface area (Å²) in [5.41, 5.74) is 5.77. The number of carbonyl (C=O) groups is 1. The summed E-state index contributed by atoms with van der Waals surface area (Å²) in [6, 6.07) is -0.306. The third kappa shape index (κ3) is 2.62. The first kappa shape index (κ1) is 11.6. The molecule has 90 valence electrons. The summed E-state index contributed by atoms with van der Waals surface area (Å²) in [5, 5.41) is 4.71. The Morgan fingerprint density at radius 2 is 2.41 bits per heavy atom. The highest BCUT2D eigenvalue weighted by atomic mass is 32.1. The van der Waals surface area contributed by atoms with Crippen molar-refractivity contribution < 1.29 is 9.21 Å². The van der Waals surface area contributed by atoms with Crippen LogP contribution >= 0.6 is 11.3 Å². The molecule has 1 amide bonds. The smallest absolute Gasteiger partial charge is 0.271 e. The minimum atomic E-state index is -0.306. The molecule has 2 aromatic rings. The van der Waals surface area contributed by atoms with Gasteiger partial charge in [0, 0.05) is 5.38 Å². The highest BCUT2D eigenvalue weighted by Crippen LogP contribution is 2.15. The van der Waals surface area contributed by atoms with E-state index in [2.05, 4.69) is 15.3 Å². The molecule has 2 rings (SSSR count). The molecule has 1 unspecified atom stereocenters. The lowest BCUT2D eigenvalue weighted by atomic mass is 10.3. The highest BCUT2D eigenvalue weighted by molar-refractivity contribution is 7.13. The minimum absolute atomic E-state index is 0.290. The monoisotopic (exact) mass is 252 g/mol. The predicted octanol–water partition coefficient (Wildman–Crippen LogP) is 1.51. The minimum Gasteiger partial charge on any atom is -0.444 e. The number of aromatic nitrogens is 2. The Kier molecular flexibility index (Phi) is 3.10. The summed E-state index contributed by atoms with van der Waals surface area (Å²) < 4.78 is 5.32. The molecule has 3 N–H and O–H groups in total. The number of rotatable bonds is 3. The number of carbonyl (C=O) groups excluding carboxylic acids is 1. The number of thiazole rings is 1. The number of oxazole rings is 1. The van der Waals surface area contributed by atoms with Gasteiger partial charge in [-0.15, -0.1) is 11.3 Å². The number of aryl methyl sites for hydroxylation is 1. The highest BCUT2D eigenvalue weighted by Gasteiger charge is 2.17. The van der Waals surface area contributed by atoms with Gasteiger partial charge in [0.2, 0.25) is 5.89 Å². The van der Waals surface area contributed by atoms with E-state index in [1.165, 1.54) is 11.3 Å². The van der Waals surface area contributed by atoms with Gasteiger partial charge in [-0.05, 0) is 13.8 Å². The molecule has 0 bridgehead atoms. The fraction of sp³-hybridized carbons (Fsp3) is 0.300. The van der Waals surface area contributed by atoms with Gasteiger partial charge >= 0.3 is 0 Å². The third-order valence-corrected chi connectivity index (χ3v) is 2.79. The van der Waals surface area contributed by atoms with Gasteiger partial charge in [-0.2, -0.15) is 0 Å². The molecule has 2 aromatic heterocycles. The molecular weight excluding hydrogens is 240 g/mol. The Labute approximate surface area is 102 Å². The molecule has 0 aliphatic carbocycles. The predicted molar refractivity (Wildman–Crippen MR) is 63.6 cm³/mol. The molecule has 0 saturated heterocycles. The summed E-state index contributed by atoms with van der Waals surface area (Å²) in [6.07, 6.45) is 1.61. The fourth-order valence-electron chi connectivity index (χ4n) is 1.30. The summed E-state index contributed by atoms with van der Waals surface area (Å²) >= 11 is 1.23. The van der Waals surface area contributed by atoms with Crippen molar-refractivity contribution in [3.63, 3.8) is 0 Å². The van der Waals surface area contributed by atoms with Crippen molar-refractivity contribution in [3.05, 3.63) is 28.9 Å². The van der Waals surface area contributed by atoms with E-state index < -0.39 is 0 Å². The summed E-state index contributed by atoms with van der Waals surface area (Å²) in [7, 11) is 0. The number of nitrogens with one attached hydrogen (secondary N) is 1. The van der Waals surface area contributed by atoms with E-state index in [0.29, 0.717) is 22.5 Å². The fourth-order valence-corrected chi connectivity index (χ4v) is 1.84. The number of hydrogen-bond acceptors (Lipinski definition) is 6. The second-order valence-electron chi connectivity index (χ2n) is 3.58. The van der Waals surface area contributed by atoms with Gasteiger partial charge in [-0.25, -0.2) is 9.97 Å². The van der Waals surface area contributed by atoms with Gasteiger partial charge in [0.15, 0.2) is 5.13 Å². The van der Waals surface area contributed by atoms with Gasteiger partial charge in [-0.1, -0.05) is 0 Å². The zero-order valence-corrected chi connectivity index (χ0v) is 10.2. The molecule has 0 aromatic carbocycles. The van der Waals surface area contributed by atoms with Crippen LogP contribution in [0.1, 0.15) is 35.1 Å². The molecular formula is C10H12N4O2S. The van der Waals surface area contributed by atoms with E-state index in [4.69, 9.17) is 10.2 Å². The van der Waals surface area contributed by atoms with E-state index in [9.17, 15) is 4.79 Å². The van der Waals surface area contributed by atoms with E-state index in [1.807, 2.05) is 0 Å². The molecule has 2 heterocycles. The van der Waals surface area contributed by atoms with Gasteiger partial charge in [0.25, 0.3) is 5.91 Å². The average Bonchev–Trinajstić information content (AvgIpc) is 2.87. The number of nitrogens with zero attached hydrogens (tertiary/aromatic N) is 2. The van der Waals surface area contributed by atoms with E-state index >= 15 is 0 Å². The maximum Gasteiger partial charge on any atom is 0.271 e. The lowest BCUT2D eigenvalue weighted by Gasteiger charge is -2.08. The molecule has 0 fully saturated rings. The molecule has 0 spiro atoms.